The molecule has 0 amide bonds. The lowest BCUT2D eigenvalue weighted by atomic mass is 9.79. The van der Waals surface area contributed by atoms with E-state index in [-0.39, 0.29) is 18.3 Å². The summed E-state index contributed by atoms with van der Waals surface area (Å²) in [4.78, 5) is 10.8. The van der Waals surface area contributed by atoms with Gasteiger partial charge in [-0.2, -0.15) is 0 Å². The molecule has 0 bridgehead atoms. The predicted molar refractivity (Wildman–Crippen MR) is 66.0 cm³/mol. The second-order valence-corrected chi connectivity index (χ2v) is 4.30. The highest BCUT2D eigenvalue weighted by Crippen LogP contribution is 2.35. The van der Waals surface area contributed by atoms with E-state index in [1.165, 1.54) is 5.56 Å². The number of hydrogen-bond donors (Lipinski definition) is 1. The van der Waals surface area contributed by atoms with Gasteiger partial charge in [0.2, 0.25) is 0 Å². The molecule has 0 aliphatic heterocycles. The van der Waals surface area contributed by atoms with Crippen LogP contribution in [0.5, 0.6) is 0 Å². The Hall–Kier alpha value is -1.02. The lowest BCUT2D eigenvalue weighted by Crippen LogP contribution is -2.20. The zero-order chi connectivity index (χ0) is 10.7. The largest absolute Gasteiger partial charge is 0.481 e. The first-order valence-corrected chi connectivity index (χ1v) is 5.55. The third kappa shape index (κ3) is 2.99. The SMILES string of the molecule is Cl.O=C(O)[C@H]1CC[C@H](c2ccccc2)CC1. The average Bonchev–Trinajstić information content (AvgIpc) is 2.30. The lowest BCUT2D eigenvalue weighted by molar-refractivity contribution is -0.142. The molecule has 3 heteroatoms. The molecule has 1 aliphatic rings. The van der Waals surface area contributed by atoms with Crippen molar-refractivity contribution in [1.29, 1.82) is 0 Å². The van der Waals surface area contributed by atoms with E-state index in [1.807, 2.05) is 6.07 Å². The fourth-order valence-electron chi connectivity index (χ4n) is 2.40. The van der Waals surface area contributed by atoms with Crippen molar-refractivity contribution in [2.24, 2.45) is 5.92 Å². The van der Waals surface area contributed by atoms with Crippen molar-refractivity contribution in [2.75, 3.05) is 0 Å². The fourth-order valence-corrected chi connectivity index (χ4v) is 2.40. The summed E-state index contributed by atoms with van der Waals surface area (Å²) < 4.78 is 0. The second kappa shape index (κ2) is 5.90. The summed E-state index contributed by atoms with van der Waals surface area (Å²) in [7, 11) is 0. The van der Waals surface area contributed by atoms with Crippen molar-refractivity contribution in [3.05, 3.63) is 35.9 Å². The molecule has 16 heavy (non-hydrogen) atoms. The van der Waals surface area contributed by atoms with Crippen molar-refractivity contribution in [2.45, 2.75) is 31.6 Å². The van der Waals surface area contributed by atoms with Gasteiger partial charge in [-0.3, -0.25) is 4.79 Å². The summed E-state index contributed by atoms with van der Waals surface area (Å²) in [6, 6.07) is 10.4. The van der Waals surface area contributed by atoms with E-state index in [4.69, 9.17) is 5.11 Å². The number of halogens is 1. The van der Waals surface area contributed by atoms with Crippen LogP contribution in [0.15, 0.2) is 30.3 Å². The van der Waals surface area contributed by atoms with Crippen LogP contribution in [0.3, 0.4) is 0 Å². The molecule has 1 aromatic carbocycles. The van der Waals surface area contributed by atoms with Crippen molar-refractivity contribution in [1.82, 2.24) is 0 Å². The van der Waals surface area contributed by atoms with E-state index in [2.05, 4.69) is 24.3 Å². The Bertz CT molecular complexity index is 329. The maximum absolute atomic E-state index is 10.8. The van der Waals surface area contributed by atoms with Crippen LogP contribution in [0.25, 0.3) is 0 Å². The standard InChI is InChI=1S/C13H16O2.ClH/c14-13(15)12-8-6-11(7-9-12)10-4-2-1-3-5-10;/h1-5,11-12H,6-9H2,(H,14,15);1H/t11-,12-;. The zero-order valence-corrected chi connectivity index (χ0v) is 9.95. The summed E-state index contributed by atoms with van der Waals surface area (Å²) in [5, 5.41) is 8.90. The van der Waals surface area contributed by atoms with E-state index in [0.717, 1.165) is 25.7 Å². The maximum Gasteiger partial charge on any atom is 0.306 e. The van der Waals surface area contributed by atoms with Crippen molar-refractivity contribution in [3.63, 3.8) is 0 Å². The highest BCUT2D eigenvalue weighted by molar-refractivity contribution is 5.85. The molecule has 0 saturated heterocycles. The van der Waals surface area contributed by atoms with Gasteiger partial charge in [-0.05, 0) is 37.2 Å². The Morgan fingerprint density at radius 2 is 1.62 bits per heavy atom. The number of hydrogen-bond acceptors (Lipinski definition) is 1. The first-order valence-electron chi connectivity index (χ1n) is 5.55. The molecular weight excluding hydrogens is 224 g/mol. The molecule has 0 heterocycles. The summed E-state index contributed by atoms with van der Waals surface area (Å²) in [5.41, 5.74) is 1.36. The van der Waals surface area contributed by atoms with Crippen LogP contribution in [0, 0.1) is 5.92 Å². The molecule has 2 nitrogen and oxygen atoms in total. The summed E-state index contributed by atoms with van der Waals surface area (Å²) in [6.45, 7) is 0. The number of aliphatic carboxylic acids is 1. The summed E-state index contributed by atoms with van der Waals surface area (Å²) >= 11 is 0. The van der Waals surface area contributed by atoms with Crippen molar-refractivity contribution < 1.29 is 9.90 Å². The van der Waals surface area contributed by atoms with Crippen LogP contribution in [0.4, 0.5) is 0 Å². The van der Waals surface area contributed by atoms with Crippen LogP contribution in [0.2, 0.25) is 0 Å². The van der Waals surface area contributed by atoms with Crippen molar-refractivity contribution >= 4 is 18.4 Å². The van der Waals surface area contributed by atoms with Gasteiger partial charge in [-0.25, -0.2) is 0 Å². The molecule has 1 aliphatic carbocycles. The maximum atomic E-state index is 10.8. The Kier molecular flexibility index (Phi) is 4.81. The molecule has 0 unspecified atom stereocenters. The van der Waals surface area contributed by atoms with E-state index in [1.54, 1.807) is 0 Å². The van der Waals surface area contributed by atoms with Gasteiger partial charge in [-0.1, -0.05) is 30.3 Å². The number of carboxylic acid groups (broad SMARTS) is 1. The summed E-state index contributed by atoms with van der Waals surface area (Å²) in [6.07, 6.45) is 3.69. The van der Waals surface area contributed by atoms with Crippen LogP contribution < -0.4 is 0 Å². The van der Waals surface area contributed by atoms with Gasteiger partial charge >= 0.3 is 5.97 Å². The minimum atomic E-state index is -0.624. The van der Waals surface area contributed by atoms with E-state index >= 15 is 0 Å². The molecule has 1 aromatic rings. The Balaban J connectivity index is 0.00000128. The van der Waals surface area contributed by atoms with Crippen LogP contribution in [0.1, 0.15) is 37.2 Å². The van der Waals surface area contributed by atoms with Gasteiger partial charge in [0.05, 0.1) is 5.92 Å². The monoisotopic (exact) mass is 240 g/mol. The first kappa shape index (κ1) is 13.0. The number of rotatable bonds is 2. The molecule has 0 aromatic heterocycles. The van der Waals surface area contributed by atoms with Gasteiger partial charge in [-0.15, -0.1) is 12.4 Å². The van der Waals surface area contributed by atoms with Gasteiger partial charge in [0.15, 0.2) is 0 Å². The van der Waals surface area contributed by atoms with Gasteiger partial charge < -0.3 is 5.11 Å². The minimum absolute atomic E-state index is 0. The molecule has 2 rings (SSSR count). The molecule has 88 valence electrons. The Morgan fingerprint density at radius 3 is 2.12 bits per heavy atom. The Morgan fingerprint density at radius 1 is 1.06 bits per heavy atom. The van der Waals surface area contributed by atoms with E-state index in [9.17, 15) is 4.79 Å². The highest BCUT2D eigenvalue weighted by atomic mass is 35.5. The smallest absolute Gasteiger partial charge is 0.306 e. The molecule has 1 saturated carbocycles. The number of carbonyl (C=O) groups is 1. The van der Waals surface area contributed by atoms with Gasteiger partial charge in [0, 0.05) is 0 Å². The third-order valence-electron chi connectivity index (χ3n) is 3.35. The molecular formula is C13H17ClO2. The molecule has 0 atom stereocenters. The predicted octanol–water partition coefficient (Wildman–Crippen LogP) is 3.47. The van der Waals surface area contributed by atoms with Crippen molar-refractivity contribution in [3.8, 4) is 0 Å². The molecule has 1 fully saturated rings. The normalized spacial score (nSPS) is 24.5. The molecule has 0 radical (unpaired) electrons. The van der Waals surface area contributed by atoms with Gasteiger partial charge in [0.1, 0.15) is 0 Å². The van der Waals surface area contributed by atoms with Crippen LogP contribution >= 0.6 is 12.4 Å². The quantitative estimate of drug-likeness (QED) is 0.860. The first-order chi connectivity index (χ1) is 7.27. The average molecular weight is 241 g/mol. The third-order valence-corrected chi connectivity index (χ3v) is 3.35. The van der Waals surface area contributed by atoms with E-state index in [0.29, 0.717) is 5.92 Å². The van der Waals surface area contributed by atoms with Crippen LogP contribution in [-0.4, -0.2) is 11.1 Å². The fraction of sp³-hybridized carbons (Fsp3) is 0.462. The van der Waals surface area contributed by atoms with E-state index < -0.39 is 5.97 Å². The van der Waals surface area contributed by atoms with Crippen LogP contribution in [-0.2, 0) is 4.79 Å². The topological polar surface area (TPSA) is 37.3 Å². The minimum Gasteiger partial charge on any atom is -0.481 e. The highest BCUT2D eigenvalue weighted by Gasteiger charge is 2.26. The molecule has 0 spiro atoms. The Labute approximate surface area is 102 Å². The number of benzene rings is 1. The molecule has 1 N–H and O–H groups in total. The second-order valence-electron chi connectivity index (χ2n) is 4.30. The van der Waals surface area contributed by atoms with Gasteiger partial charge in [0.25, 0.3) is 0 Å². The zero-order valence-electron chi connectivity index (χ0n) is 9.13. The lowest BCUT2D eigenvalue weighted by Gasteiger charge is -2.26. The summed E-state index contributed by atoms with van der Waals surface area (Å²) in [5.74, 6) is -0.159. The number of carboxylic acids is 1.